The molecule has 0 aromatic carbocycles. The van der Waals surface area contributed by atoms with Gasteiger partial charge in [-0.05, 0) is 45.8 Å². The Labute approximate surface area is 125 Å². The Morgan fingerprint density at radius 3 is 3.19 bits per heavy atom. The SMILES string of the molecule is CC1CN(CCCNC(C)c2ccc(=O)[nH]n2)CCCO1. The van der Waals surface area contributed by atoms with E-state index in [-0.39, 0.29) is 11.6 Å². The first-order valence-corrected chi connectivity index (χ1v) is 7.78. The molecule has 0 spiro atoms. The van der Waals surface area contributed by atoms with Gasteiger partial charge in [-0.1, -0.05) is 0 Å². The predicted molar refractivity (Wildman–Crippen MR) is 82.4 cm³/mol. The summed E-state index contributed by atoms with van der Waals surface area (Å²) in [5.74, 6) is 0. The summed E-state index contributed by atoms with van der Waals surface area (Å²) in [5, 5.41) is 9.95. The van der Waals surface area contributed by atoms with Gasteiger partial charge in [-0.2, -0.15) is 5.10 Å². The van der Waals surface area contributed by atoms with E-state index in [4.69, 9.17) is 4.74 Å². The molecule has 1 aliphatic heterocycles. The average molecular weight is 294 g/mol. The van der Waals surface area contributed by atoms with E-state index >= 15 is 0 Å². The Kier molecular flexibility index (Phi) is 6.35. The van der Waals surface area contributed by atoms with Crippen LogP contribution in [-0.2, 0) is 4.74 Å². The molecule has 0 amide bonds. The van der Waals surface area contributed by atoms with Crippen molar-refractivity contribution in [2.24, 2.45) is 0 Å². The topological polar surface area (TPSA) is 70.2 Å². The number of hydrogen-bond donors (Lipinski definition) is 2. The Balaban J connectivity index is 1.66. The van der Waals surface area contributed by atoms with E-state index < -0.39 is 0 Å². The molecule has 6 heteroatoms. The van der Waals surface area contributed by atoms with Crippen LogP contribution in [-0.4, -0.2) is 54.0 Å². The van der Waals surface area contributed by atoms with Crippen LogP contribution in [0.1, 0.15) is 38.4 Å². The van der Waals surface area contributed by atoms with Crippen LogP contribution in [0.2, 0.25) is 0 Å². The zero-order chi connectivity index (χ0) is 15.1. The van der Waals surface area contributed by atoms with Gasteiger partial charge in [0.05, 0.1) is 11.8 Å². The van der Waals surface area contributed by atoms with Crippen molar-refractivity contribution in [3.05, 3.63) is 28.2 Å². The highest BCUT2D eigenvalue weighted by Crippen LogP contribution is 2.07. The minimum atomic E-state index is -0.163. The lowest BCUT2D eigenvalue weighted by atomic mass is 10.2. The molecule has 0 bridgehead atoms. The van der Waals surface area contributed by atoms with Gasteiger partial charge in [0.1, 0.15) is 0 Å². The third kappa shape index (κ3) is 5.57. The zero-order valence-electron chi connectivity index (χ0n) is 13.0. The van der Waals surface area contributed by atoms with E-state index in [2.05, 4.69) is 34.3 Å². The fourth-order valence-corrected chi connectivity index (χ4v) is 2.61. The molecule has 2 rings (SSSR count). The zero-order valence-corrected chi connectivity index (χ0v) is 13.0. The van der Waals surface area contributed by atoms with E-state index in [0.29, 0.717) is 6.10 Å². The molecule has 1 aliphatic rings. The monoisotopic (exact) mass is 294 g/mol. The van der Waals surface area contributed by atoms with Crippen LogP contribution in [0.15, 0.2) is 16.9 Å². The second kappa shape index (κ2) is 8.26. The van der Waals surface area contributed by atoms with E-state index in [9.17, 15) is 4.79 Å². The summed E-state index contributed by atoms with van der Waals surface area (Å²) in [5.41, 5.74) is 0.704. The van der Waals surface area contributed by atoms with Gasteiger partial charge in [-0.25, -0.2) is 5.10 Å². The van der Waals surface area contributed by atoms with Crippen LogP contribution in [0.5, 0.6) is 0 Å². The molecule has 0 radical (unpaired) electrons. The number of ether oxygens (including phenoxy) is 1. The summed E-state index contributed by atoms with van der Waals surface area (Å²) >= 11 is 0. The molecule has 6 nitrogen and oxygen atoms in total. The number of nitrogens with one attached hydrogen (secondary N) is 2. The number of aromatic amines is 1. The van der Waals surface area contributed by atoms with Crippen LogP contribution in [0.4, 0.5) is 0 Å². The standard InChI is InChI=1S/C15H26N4O2/c1-12-11-19(9-4-10-21-12)8-3-7-16-13(2)14-5-6-15(20)18-17-14/h5-6,12-13,16H,3-4,7-11H2,1-2H3,(H,18,20). The van der Waals surface area contributed by atoms with Crippen LogP contribution >= 0.6 is 0 Å². The summed E-state index contributed by atoms with van der Waals surface area (Å²) in [6, 6.07) is 3.43. The second-order valence-electron chi connectivity index (χ2n) is 5.71. The fraction of sp³-hybridized carbons (Fsp3) is 0.733. The van der Waals surface area contributed by atoms with E-state index in [0.717, 1.165) is 51.3 Å². The summed E-state index contributed by atoms with van der Waals surface area (Å²) < 4.78 is 5.65. The minimum absolute atomic E-state index is 0.147. The number of nitrogens with zero attached hydrogens (tertiary/aromatic N) is 2. The summed E-state index contributed by atoms with van der Waals surface area (Å²) in [7, 11) is 0. The van der Waals surface area contributed by atoms with E-state index in [1.807, 2.05) is 0 Å². The highest BCUT2D eigenvalue weighted by molar-refractivity contribution is 5.04. The number of H-pyrrole nitrogens is 1. The molecular weight excluding hydrogens is 268 g/mol. The first-order valence-electron chi connectivity index (χ1n) is 7.78. The summed E-state index contributed by atoms with van der Waals surface area (Å²) in [6.45, 7) is 9.26. The van der Waals surface area contributed by atoms with Gasteiger partial charge in [0.15, 0.2) is 0 Å². The maximum absolute atomic E-state index is 11.0. The molecule has 2 heterocycles. The first kappa shape index (κ1) is 16.1. The highest BCUT2D eigenvalue weighted by atomic mass is 16.5. The van der Waals surface area contributed by atoms with Crippen LogP contribution in [0.3, 0.4) is 0 Å². The number of rotatable bonds is 6. The van der Waals surface area contributed by atoms with Crippen molar-refractivity contribution in [2.75, 3.05) is 32.8 Å². The van der Waals surface area contributed by atoms with Crippen molar-refractivity contribution in [3.63, 3.8) is 0 Å². The number of aromatic nitrogens is 2. The highest BCUT2D eigenvalue weighted by Gasteiger charge is 2.14. The lowest BCUT2D eigenvalue weighted by molar-refractivity contribution is 0.0676. The van der Waals surface area contributed by atoms with Gasteiger partial charge >= 0.3 is 0 Å². The molecule has 1 fully saturated rings. The molecule has 1 saturated heterocycles. The molecular formula is C15H26N4O2. The van der Waals surface area contributed by atoms with Crippen molar-refractivity contribution in [1.82, 2.24) is 20.4 Å². The van der Waals surface area contributed by atoms with Crippen molar-refractivity contribution in [1.29, 1.82) is 0 Å². The van der Waals surface area contributed by atoms with Gasteiger partial charge in [-0.15, -0.1) is 0 Å². The molecule has 2 atom stereocenters. The van der Waals surface area contributed by atoms with E-state index in [1.165, 1.54) is 6.07 Å². The maximum atomic E-state index is 11.0. The van der Waals surface area contributed by atoms with Gasteiger partial charge < -0.3 is 15.0 Å². The molecule has 0 aliphatic carbocycles. The third-order valence-electron chi connectivity index (χ3n) is 3.78. The van der Waals surface area contributed by atoms with Crippen molar-refractivity contribution in [2.45, 2.75) is 38.8 Å². The van der Waals surface area contributed by atoms with Crippen molar-refractivity contribution in [3.8, 4) is 0 Å². The van der Waals surface area contributed by atoms with Gasteiger partial charge in [0, 0.05) is 31.8 Å². The number of hydrogen-bond acceptors (Lipinski definition) is 5. The molecule has 2 N–H and O–H groups in total. The Bertz CT molecular complexity index is 456. The van der Waals surface area contributed by atoms with E-state index in [1.54, 1.807) is 6.07 Å². The Hall–Kier alpha value is -1.24. The third-order valence-corrected chi connectivity index (χ3v) is 3.78. The Morgan fingerprint density at radius 1 is 1.57 bits per heavy atom. The first-order chi connectivity index (χ1) is 10.1. The largest absolute Gasteiger partial charge is 0.377 e. The van der Waals surface area contributed by atoms with Gasteiger partial charge in [0.2, 0.25) is 0 Å². The summed E-state index contributed by atoms with van der Waals surface area (Å²) in [6.07, 6.45) is 2.56. The smallest absolute Gasteiger partial charge is 0.264 e. The molecule has 2 unspecified atom stereocenters. The molecule has 21 heavy (non-hydrogen) atoms. The summed E-state index contributed by atoms with van der Waals surface area (Å²) in [4.78, 5) is 13.5. The molecule has 0 saturated carbocycles. The maximum Gasteiger partial charge on any atom is 0.264 e. The molecule has 1 aromatic rings. The lowest BCUT2D eigenvalue weighted by Crippen LogP contribution is -2.33. The minimum Gasteiger partial charge on any atom is -0.377 e. The lowest BCUT2D eigenvalue weighted by Gasteiger charge is -2.22. The van der Waals surface area contributed by atoms with Crippen molar-refractivity contribution >= 4 is 0 Å². The molecule has 1 aromatic heterocycles. The van der Waals surface area contributed by atoms with Crippen molar-refractivity contribution < 1.29 is 4.74 Å². The van der Waals surface area contributed by atoms with Crippen LogP contribution < -0.4 is 10.9 Å². The van der Waals surface area contributed by atoms with Gasteiger partial charge in [0.25, 0.3) is 5.56 Å². The van der Waals surface area contributed by atoms with Crippen LogP contribution in [0.25, 0.3) is 0 Å². The van der Waals surface area contributed by atoms with Crippen LogP contribution in [0, 0.1) is 0 Å². The average Bonchev–Trinajstić information content (AvgIpc) is 2.68. The Morgan fingerprint density at radius 2 is 2.43 bits per heavy atom. The van der Waals surface area contributed by atoms with Gasteiger partial charge in [-0.3, -0.25) is 4.79 Å². The molecule has 118 valence electrons. The predicted octanol–water partition coefficient (Wildman–Crippen LogP) is 0.921. The normalized spacial score (nSPS) is 21.9. The fourth-order valence-electron chi connectivity index (χ4n) is 2.61. The second-order valence-corrected chi connectivity index (χ2v) is 5.71. The quantitative estimate of drug-likeness (QED) is 0.764.